The number of rotatable bonds is 7. The molecule has 2 aromatic carbocycles. The molecule has 1 aliphatic rings. The van der Waals surface area contributed by atoms with Gasteiger partial charge in [0.05, 0.1) is 11.2 Å². The molecule has 1 aliphatic heterocycles. The highest BCUT2D eigenvalue weighted by molar-refractivity contribution is 5.98. The van der Waals surface area contributed by atoms with Crippen LogP contribution in [0.25, 0.3) is 22.4 Å². The Morgan fingerprint density at radius 1 is 1.00 bits per heavy atom. The summed E-state index contributed by atoms with van der Waals surface area (Å²) >= 11 is 0. The third kappa shape index (κ3) is 4.36. The number of nitrogens with zero attached hydrogens (tertiary/aromatic N) is 5. The number of aromatic nitrogens is 4. The average Bonchev–Trinajstić information content (AvgIpc) is 3.46. The van der Waals surface area contributed by atoms with Crippen LogP contribution in [-0.4, -0.2) is 50.5 Å². The molecule has 1 saturated heterocycles. The van der Waals surface area contributed by atoms with Gasteiger partial charge in [-0.1, -0.05) is 42.5 Å². The van der Waals surface area contributed by atoms with Crippen LogP contribution in [0.5, 0.6) is 0 Å². The molecule has 0 atom stereocenters. The predicted octanol–water partition coefficient (Wildman–Crippen LogP) is 4.19. The summed E-state index contributed by atoms with van der Waals surface area (Å²) in [6.07, 6.45) is 2.15. The Morgan fingerprint density at radius 2 is 1.81 bits per heavy atom. The SMILES string of the molecule is CN.Cc1cc2c(C=O)cccc2n1-c1nc(NCc2ccccc2)c2ccc(CN3CCC3)n2n1. The van der Waals surface area contributed by atoms with Crippen molar-refractivity contribution in [1.29, 1.82) is 0 Å². The van der Waals surface area contributed by atoms with Gasteiger partial charge in [-0.15, -0.1) is 5.10 Å². The van der Waals surface area contributed by atoms with E-state index in [-0.39, 0.29) is 0 Å². The maximum Gasteiger partial charge on any atom is 0.254 e. The highest BCUT2D eigenvalue weighted by Crippen LogP contribution is 2.27. The number of hydrogen-bond donors (Lipinski definition) is 2. The van der Waals surface area contributed by atoms with Crippen molar-refractivity contribution in [3.63, 3.8) is 0 Å². The third-order valence-corrected chi connectivity index (χ3v) is 6.61. The minimum atomic E-state index is 0.583. The van der Waals surface area contributed by atoms with E-state index in [1.165, 1.54) is 19.0 Å². The lowest BCUT2D eigenvalue weighted by molar-refractivity contribution is 0.112. The first kappa shape index (κ1) is 23.7. The van der Waals surface area contributed by atoms with Gasteiger partial charge in [-0.25, -0.2) is 4.52 Å². The number of aryl methyl sites for hydroxylation is 1. The zero-order valence-electron chi connectivity index (χ0n) is 20.7. The highest BCUT2D eigenvalue weighted by atomic mass is 16.1. The molecule has 3 aromatic heterocycles. The second-order valence-electron chi connectivity index (χ2n) is 8.87. The van der Waals surface area contributed by atoms with Gasteiger partial charge in [0, 0.05) is 29.7 Å². The van der Waals surface area contributed by atoms with Crippen LogP contribution < -0.4 is 11.1 Å². The van der Waals surface area contributed by atoms with Crippen molar-refractivity contribution in [2.24, 2.45) is 5.73 Å². The number of carbonyl (C=O) groups is 1. The summed E-state index contributed by atoms with van der Waals surface area (Å²) < 4.78 is 4.05. The number of hydrogen-bond acceptors (Lipinski definition) is 6. The Hall–Kier alpha value is -4.01. The van der Waals surface area contributed by atoms with Crippen LogP contribution in [0, 0.1) is 6.92 Å². The average molecular weight is 482 g/mol. The fourth-order valence-electron chi connectivity index (χ4n) is 4.69. The largest absolute Gasteiger partial charge is 0.364 e. The summed E-state index contributed by atoms with van der Waals surface area (Å²) in [5.41, 5.74) is 10.4. The van der Waals surface area contributed by atoms with Crippen LogP contribution in [0.4, 0.5) is 5.82 Å². The van der Waals surface area contributed by atoms with E-state index in [2.05, 4.69) is 40.2 Å². The van der Waals surface area contributed by atoms with Crippen molar-refractivity contribution in [3.05, 3.63) is 89.2 Å². The van der Waals surface area contributed by atoms with Gasteiger partial charge in [0.15, 0.2) is 12.1 Å². The minimum Gasteiger partial charge on any atom is -0.364 e. The summed E-state index contributed by atoms with van der Waals surface area (Å²) in [6, 6.07) is 22.3. The van der Waals surface area contributed by atoms with Crippen LogP contribution >= 0.6 is 0 Å². The molecule has 0 saturated carbocycles. The zero-order valence-corrected chi connectivity index (χ0v) is 20.7. The van der Waals surface area contributed by atoms with Gasteiger partial charge in [-0.2, -0.15) is 4.98 Å². The van der Waals surface area contributed by atoms with Gasteiger partial charge in [0.2, 0.25) is 0 Å². The van der Waals surface area contributed by atoms with Crippen molar-refractivity contribution < 1.29 is 4.79 Å². The number of carbonyl (C=O) groups excluding carboxylic acids is 1. The molecule has 1 fully saturated rings. The Labute approximate surface area is 210 Å². The van der Waals surface area contributed by atoms with Crippen molar-refractivity contribution in [3.8, 4) is 5.95 Å². The van der Waals surface area contributed by atoms with Gasteiger partial charge in [-0.05, 0) is 63.3 Å². The fraction of sp³-hybridized carbons (Fsp3) is 0.250. The van der Waals surface area contributed by atoms with E-state index in [0.29, 0.717) is 18.1 Å². The summed E-state index contributed by atoms with van der Waals surface area (Å²) in [4.78, 5) is 19.0. The maximum absolute atomic E-state index is 11.6. The minimum absolute atomic E-state index is 0.583. The highest BCUT2D eigenvalue weighted by Gasteiger charge is 2.20. The summed E-state index contributed by atoms with van der Waals surface area (Å²) in [6.45, 7) is 5.81. The first-order chi connectivity index (χ1) is 17.7. The molecule has 5 aromatic rings. The van der Waals surface area contributed by atoms with E-state index in [0.717, 1.165) is 59.5 Å². The molecule has 6 rings (SSSR count). The Balaban J connectivity index is 0.00000130. The van der Waals surface area contributed by atoms with Crippen LogP contribution in [0.2, 0.25) is 0 Å². The molecular weight excluding hydrogens is 450 g/mol. The van der Waals surface area contributed by atoms with Crippen molar-refractivity contribution in [1.82, 2.24) is 24.1 Å². The number of likely N-dealkylation sites (tertiary alicyclic amines) is 1. The monoisotopic (exact) mass is 481 g/mol. The topological polar surface area (TPSA) is 93.5 Å². The van der Waals surface area contributed by atoms with E-state index >= 15 is 0 Å². The smallest absolute Gasteiger partial charge is 0.254 e. The lowest BCUT2D eigenvalue weighted by atomic mass is 10.1. The van der Waals surface area contributed by atoms with Crippen LogP contribution in [0.1, 0.15) is 33.7 Å². The van der Waals surface area contributed by atoms with E-state index in [1.54, 1.807) is 0 Å². The summed E-state index contributed by atoms with van der Waals surface area (Å²) in [5, 5.41) is 9.43. The zero-order chi connectivity index (χ0) is 25.1. The second kappa shape index (κ2) is 10.3. The quantitative estimate of drug-likeness (QED) is 0.339. The second-order valence-corrected chi connectivity index (χ2v) is 8.87. The number of nitrogens with two attached hydrogens (primary N) is 1. The molecule has 0 spiro atoms. The Kier molecular flexibility index (Phi) is 6.79. The molecule has 0 unspecified atom stereocenters. The van der Waals surface area contributed by atoms with E-state index in [9.17, 15) is 4.79 Å². The number of anilines is 1. The maximum atomic E-state index is 11.6. The first-order valence-corrected chi connectivity index (χ1v) is 12.2. The third-order valence-electron chi connectivity index (χ3n) is 6.61. The van der Waals surface area contributed by atoms with Crippen molar-refractivity contribution >= 4 is 28.5 Å². The molecule has 8 heteroatoms. The van der Waals surface area contributed by atoms with Crippen LogP contribution in [-0.2, 0) is 13.1 Å². The molecule has 36 heavy (non-hydrogen) atoms. The number of nitrogens with one attached hydrogen (secondary N) is 1. The number of fused-ring (bicyclic) bond motifs is 2. The van der Waals surface area contributed by atoms with Gasteiger partial charge in [0.1, 0.15) is 5.52 Å². The molecule has 0 radical (unpaired) electrons. The molecule has 0 amide bonds. The van der Waals surface area contributed by atoms with Gasteiger partial charge < -0.3 is 11.1 Å². The van der Waals surface area contributed by atoms with E-state index in [4.69, 9.17) is 10.1 Å². The Morgan fingerprint density at radius 3 is 2.53 bits per heavy atom. The standard InChI is InChI=1S/C27H26N6O.CH5N/c1-19-15-23-21(18-34)9-5-10-24(23)32(19)27-29-26(28-16-20-7-3-2-4-8-20)25-12-11-22(33(25)30-27)17-31-13-6-14-31;1-2/h2-5,7-12,15,18H,6,13-14,16-17H2,1H3,(H,28,29,30);2H2,1H3. The molecule has 4 heterocycles. The normalized spacial score (nSPS) is 13.3. The summed E-state index contributed by atoms with van der Waals surface area (Å²) in [5.74, 6) is 1.37. The van der Waals surface area contributed by atoms with E-state index in [1.807, 2.05) is 58.5 Å². The van der Waals surface area contributed by atoms with E-state index < -0.39 is 0 Å². The number of benzene rings is 2. The lowest BCUT2D eigenvalue weighted by Gasteiger charge is -2.30. The van der Waals surface area contributed by atoms with Crippen LogP contribution in [0.3, 0.4) is 0 Å². The molecule has 0 bridgehead atoms. The van der Waals surface area contributed by atoms with Gasteiger partial charge >= 0.3 is 0 Å². The molecule has 184 valence electrons. The molecule has 3 N–H and O–H groups in total. The first-order valence-electron chi connectivity index (χ1n) is 12.2. The molecule has 8 nitrogen and oxygen atoms in total. The van der Waals surface area contributed by atoms with Gasteiger partial charge in [0.25, 0.3) is 5.95 Å². The fourth-order valence-corrected chi connectivity index (χ4v) is 4.69. The molecule has 0 aliphatic carbocycles. The van der Waals surface area contributed by atoms with Crippen LogP contribution in [0.15, 0.2) is 66.7 Å². The molecular formula is C28H31N7O. The number of aldehydes is 1. The van der Waals surface area contributed by atoms with Crippen molar-refractivity contribution in [2.75, 3.05) is 25.5 Å². The lowest BCUT2D eigenvalue weighted by Crippen LogP contribution is -2.36. The van der Waals surface area contributed by atoms with Gasteiger partial charge in [-0.3, -0.25) is 14.3 Å². The van der Waals surface area contributed by atoms with Crippen molar-refractivity contribution in [2.45, 2.75) is 26.4 Å². The predicted molar refractivity (Wildman–Crippen MR) is 144 cm³/mol. The Bertz CT molecular complexity index is 1500. The summed E-state index contributed by atoms with van der Waals surface area (Å²) in [7, 11) is 1.50.